The number of furan rings is 1. The van der Waals surface area contributed by atoms with Crippen LogP contribution in [-0.4, -0.2) is 0 Å². The molecule has 0 fully saturated rings. The van der Waals surface area contributed by atoms with Gasteiger partial charge >= 0.3 is 0 Å². The molecule has 0 saturated heterocycles. The molecule has 0 bridgehead atoms. The van der Waals surface area contributed by atoms with E-state index in [1.807, 2.05) is 17.4 Å². The maximum absolute atomic E-state index is 6.40. The molecular weight excluding hydrogens is 687 g/mol. The minimum absolute atomic E-state index is 0.884. The summed E-state index contributed by atoms with van der Waals surface area (Å²) in [6.07, 6.45) is 0. The van der Waals surface area contributed by atoms with E-state index in [-0.39, 0.29) is 0 Å². The Morgan fingerprint density at radius 2 is 0.945 bits per heavy atom. The van der Waals surface area contributed by atoms with Crippen LogP contribution in [0.15, 0.2) is 205 Å². The van der Waals surface area contributed by atoms with Crippen molar-refractivity contribution in [2.45, 2.75) is 0 Å². The zero-order chi connectivity index (χ0) is 36.3. The number of nitrogens with zero attached hydrogens (tertiary/aromatic N) is 1. The first-order valence-electron chi connectivity index (χ1n) is 18.7. The van der Waals surface area contributed by atoms with Crippen LogP contribution in [0, 0.1) is 0 Å². The van der Waals surface area contributed by atoms with Gasteiger partial charge in [-0.3, -0.25) is 0 Å². The molecule has 0 N–H and O–H groups in total. The van der Waals surface area contributed by atoms with Gasteiger partial charge < -0.3 is 9.32 Å². The Balaban J connectivity index is 1.16. The Hall–Kier alpha value is -6.94. The molecule has 0 atom stereocenters. The number of thiophene rings is 1. The Bertz CT molecular complexity index is 3240. The normalized spacial score (nSPS) is 11.6. The lowest BCUT2D eigenvalue weighted by Crippen LogP contribution is -2.12. The molecule has 0 saturated carbocycles. The fourth-order valence-electron chi connectivity index (χ4n) is 8.39. The molecule has 0 amide bonds. The predicted molar refractivity (Wildman–Crippen MR) is 235 cm³/mol. The second-order valence-corrected chi connectivity index (χ2v) is 15.1. The van der Waals surface area contributed by atoms with Crippen molar-refractivity contribution in [3.63, 3.8) is 0 Å². The average Bonchev–Trinajstić information content (AvgIpc) is 3.82. The molecule has 11 rings (SSSR count). The van der Waals surface area contributed by atoms with Crippen molar-refractivity contribution in [1.29, 1.82) is 0 Å². The maximum atomic E-state index is 6.40. The summed E-state index contributed by atoms with van der Waals surface area (Å²) in [4.78, 5) is 2.45. The molecule has 11 aromatic rings. The third kappa shape index (κ3) is 5.24. The molecule has 55 heavy (non-hydrogen) atoms. The fourth-order valence-corrected chi connectivity index (χ4v) is 9.54. The van der Waals surface area contributed by atoms with E-state index >= 15 is 0 Å². The van der Waals surface area contributed by atoms with E-state index in [0.717, 1.165) is 55.7 Å². The van der Waals surface area contributed by atoms with Crippen molar-refractivity contribution in [3.8, 4) is 33.4 Å². The lowest BCUT2D eigenvalue weighted by atomic mass is 9.94. The molecule has 2 heterocycles. The van der Waals surface area contributed by atoms with E-state index in [2.05, 4.69) is 199 Å². The SMILES string of the molecule is c1cc(-c2ccc3c(c2)sc2ccccc23)cc(N(c2ccccc2-c2cccc3ccccc23)c2ccccc2-c2cccc3oc4ccccc4c23)c1. The average molecular weight is 720 g/mol. The van der Waals surface area contributed by atoms with Gasteiger partial charge in [-0.15, -0.1) is 11.3 Å². The molecule has 3 heteroatoms. The molecule has 2 nitrogen and oxygen atoms in total. The zero-order valence-electron chi connectivity index (χ0n) is 29.8. The molecule has 0 radical (unpaired) electrons. The number of hydrogen-bond donors (Lipinski definition) is 0. The highest BCUT2D eigenvalue weighted by atomic mass is 32.1. The van der Waals surface area contributed by atoms with Gasteiger partial charge in [-0.2, -0.15) is 0 Å². The molecule has 2 aromatic heterocycles. The van der Waals surface area contributed by atoms with Gasteiger partial charge in [0.1, 0.15) is 11.2 Å². The summed E-state index contributed by atoms with van der Waals surface area (Å²) in [6, 6.07) is 72.3. The highest BCUT2D eigenvalue weighted by Gasteiger charge is 2.23. The summed E-state index contributed by atoms with van der Waals surface area (Å²) in [5.41, 5.74) is 12.1. The summed E-state index contributed by atoms with van der Waals surface area (Å²) >= 11 is 1.86. The summed E-state index contributed by atoms with van der Waals surface area (Å²) in [5, 5.41) is 7.31. The third-order valence-corrected chi connectivity index (χ3v) is 12.0. The van der Waals surface area contributed by atoms with Crippen LogP contribution in [0.5, 0.6) is 0 Å². The van der Waals surface area contributed by atoms with Gasteiger partial charge in [0.15, 0.2) is 0 Å². The minimum atomic E-state index is 0.884. The first-order valence-corrected chi connectivity index (χ1v) is 19.5. The molecule has 258 valence electrons. The van der Waals surface area contributed by atoms with E-state index in [4.69, 9.17) is 4.42 Å². The molecule has 0 unspecified atom stereocenters. The lowest BCUT2D eigenvalue weighted by molar-refractivity contribution is 0.669. The highest BCUT2D eigenvalue weighted by molar-refractivity contribution is 7.25. The topological polar surface area (TPSA) is 16.4 Å². The molecule has 0 spiro atoms. The van der Waals surface area contributed by atoms with E-state index in [9.17, 15) is 0 Å². The van der Waals surface area contributed by atoms with Crippen LogP contribution >= 0.6 is 11.3 Å². The van der Waals surface area contributed by atoms with Gasteiger partial charge in [-0.1, -0.05) is 152 Å². The molecule has 0 aliphatic carbocycles. The van der Waals surface area contributed by atoms with E-state index in [1.54, 1.807) is 0 Å². The second-order valence-electron chi connectivity index (χ2n) is 14.0. The molecule has 9 aromatic carbocycles. The quantitative estimate of drug-likeness (QED) is 0.170. The summed E-state index contributed by atoms with van der Waals surface area (Å²) in [7, 11) is 0. The number of hydrogen-bond acceptors (Lipinski definition) is 3. The molecular formula is C52H33NOS. The van der Waals surface area contributed by atoms with Gasteiger partial charge in [0.2, 0.25) is 0 Å². The monoisotopic (exact) mass is 719 g/mol. The summed E-state index contributed by atoms with van der Waals surface area (Å²) in [5.74, 6) is 0. The largest absolute Gasteiger partial charge is 0.456 e. The smallest absolute Gasteiger partial charge is 0.136 e. The van der Waals surface area contributed by atoms with Crippen molar-refractivity contribution in [2.75, 3.05) is 4.90 Å². The van der Waals surface area contributed by atoms with Gasteiger partial charge in [0.05, 0.1) is 11.4 Å². The van der Waals surface area contributed by atoms with E-state index in [1.165, 1.54) is 47.6 Å². The fraction of sp³-hybridized carbons (Fsp3) is 0. The standard InChI is InChI=1S/C52H33NOS/c1-2-18-38-34(14-1)15-12-23-39(38)40-19-3-7-25-46(40)53(37-17-11-16-35(32-37)36-30-31-43-42-21-6-10-29-50(42)55-51(43)33-36)47-26-8-4-20-41(47)44-24-13-28-49-52(44)45-22-5-9-27-48(45)54-49/h1-33H. The summed E-state index contributed by atoms with van der Waals surface area (Å²) in [6.45, 7) is 0. The van der Waals surface area contributed by atoms with Crippen molar-refractivity contribution < 1.29 is 4.42 Å². The third-order valence-electron chi connectivity index (χ3n) is 10.9. The lowest BCUT2D eigenvalue weighted by Gasteiger charge is -2.30. The zero-order valence-corrected chi connectivity index (χ0v) is 30.6. The van der Waals surface area contributed by atoms with Crippen LogP contribution in [0.4, 0.5) is 17.1 Å². The van der Waals surface area contributed by atoms with Gasteiger partial charge in [-0.25, -0.2) is 0 Å². The highest BCUT2D eigenvalue weighted by Crippen LogP contribution is 2.48. The van der Waals surface area contributed by atoms with Gasteiger partial charge in [0, 0.05) is 47.8 Å². The Morgan fingerprint density at radius 3 is 1.82 bits per heavy atom. The number of anilines is 3. The number of fused-ring (bicyclic) bond motifs is 7. The number of para-hydroxylation sites is 3. The van der Waals surface area contributed by atoms with E-state index in [0.29, 0.717) is 0 Å². The van der Waals surface area contributed by atoms with Crippen molar-refractivity contribution in [2.24, 2.45) is 0 Å². The van der Waals surface area contributed by atoms with Crippen molar-refractivity contribution >= 4 is 81.3 Å². The number of benzene rings is 9. The number of rotatable bonds is 6. The molecule has 0 aliphatic rings. The summed E-state index contributed by atoms with van der Waals surface area (Å²) < 4.78 is 9.02. The van der Waals surface area contributed by atoms with Crippen LogP contribution < -0.4 is 4.90 Å². The van der Waals surface area contributed by atoms with Crippen molar-refractivity contribution in [3.05, 3.63) is 200 Å². The van der Waals surface area contributed by atoms with Crippen LogP contribution in [-0.2, 0) is 0 Å². The first kappa shape index (κ1) is 31.6. The second kappa shape index (κ2) is 12.9. The predicted octanol–water partition coefficient (Wildman–Crippen LogP) is 15.6. The van der Waals surface area contributed by atoms with Crippen molar-refractivity contribution in [1.82, 2.24) is 0 Å². The van der Waals surface area contributed by atoms with Crippen LogP contribution in [0.3, 0.4) is 0 Å². The van der Waals surface area contributed by atoms with Crippen LogP contribution in [0.2, 0.25) is 0 Å². The van der Waals surface area contributed by atoms with E-state index < -0.39 is 0 Å². The van der Waals surface area contributed by atoms with Gasteiger partial charge in [-0.05, 0) is 81.6 Å². The van der Waals surface area contributed by atoms with Gasteiger partial charge in [0.25, 0.3) is 0 Å². The minimum Gasteiger partial charge on any atom is -0.456 e. The first-order chi connectivity index (χ1) is 27.3. The Kier molecular flexibility index (Phi) is 7.39. The Morgan fingerprint density at radius 1 is 0.364 bits per heavy atom. The van der Waals surface area contributed by atoms with Crippen LogP contribution in [0.25, 0.3) is 86.3 Å². The van der Waals surface area contributed by atoms with Crippen LogP contribution in [0.1, 0.15) is 0 Å². The molecule has 0 aliphatic heterocycles. The maximum Gasteiger partial charge on any atom is 0.136 e. The Labute approximate surface area is 322 Å².